The third kappa shape index (κ3) is 4.46. The van der Waals surface area contributed by atoms with Crippen molar-refractivity contribution >= 4 is 39.7 Å². The molecule has 1 aromatic heterocycles. The van der Waals surface area contributed by atoms with Gasteiger partial charge in [-0.2, -0.15) is 0 Å². The number of anilines is 3. The smallest absolute Gasteiger partial charge is 0.253 e. The van der Waals surface area contributed by atoms with Gasteiger partial charge in [-0.3, -0.25) is 9.59 Å². The molecule has 0 aliphatic carbocycles. The van der Waals surface area contributed by atoms with Crippen LogP contribution in [0.15, 0.2) is 42.5 Å². The Morgan fingerprint density at radius 2 is 1.66 bits per heavy atom. The first kappa shape index (κ1) is 21.8. The van der Waals surface area contributed by atoms with Gasteiger partial charge in [-0.1, -0.05) is 17.4 Å². The number of carbonyl (C=O) groups is 2. The fourth-order valence-electron chi connectivity index (χ4n) is 3.39. The number of hydrogen-bond acceptors (Lipinski definition) is 7. The van der Waals surface area contributed by atoms with E-state index in [1.807, 2.05) is 11.9 Å². The lowest BCUT2D eigenvalue weighted by atomic mass is 10.1. The molecule has 1 aliphatic heterocycles. The first-order valence-electron chi connectivity index (χ1n) is 9.93. The van der Waals surface area contributed by atoms with Crippen LogP contribution in [0.2, 0.25) is 0 Å². The van der Waals surface area contributed by atoms with Gasteiger partial charge in [0.25, 0.3) is 5.91 Å². The van der Waals surface area contributed by atoms with Crippen molar-refractivity contribution in [3.8, 4) is 0 Å². The number of ketones is 1. The van der Waals surface area contributed by atoms with Crippen LogP contribution in [0.1, 0.15) is 25.6 Å². The summed E-state index contributed by atoms with van der Waals surface area (Å²) in [5.41, 5.74) is 6.37. The molecule has 0 spiro atoms. The molecule has 0 atom stereocenters. The number of nitrogen functional groups attached to an aromatic ring is 1. The quantitative estimate of drug-likeness (QED) is 0.571. The average molecular weight is 458 g/mol. The molecule has 0 saturated carbocycles. The Hall–Kier alpha value is -3.37. The normalized spacial score (nSPS) is 14.4. The molecule has 1 amide bonds. The standard InChI is InChI=1S/C22H21F2N5O2S/c1-28-9-11-29(12-10-28)21(31)13-5-7-14(8-6-13)26-22-27-20(25)19(32-22)18(30)17-15(23)3-2-4-16(17)24/h2-8H,9-12,25H2,1H3,(H,26,27). The number of nitrogens with one attached hydrogen (secondary N) is 1. The molecule has 1 saturated heterocycles. The van der Waals surface area contributed by atoms with E-state index in [9.17, 15) is 18.4 Å². The second-order valence-corrected chi connectivity index (χ2v) is 8.46. The Morgan fingerprint density at radius 1 is 1.03 bits per heavy atom. The highest BCUT2D eigenvalue weighted by Crippen LogP contribution is 2.31. The summed E-state index contributed by atoms with van der Waals surface area (Å²) in [7, 11) is 2.03. The van der Waals surface area contributed by atoms with E-state index in [4.69, 9.17) is 5.73 Å². The van der Waals surface area contributed by atoms with Crippen LogP contribution in [-0.4, -0.2) is 59.7 Å². The monoisotopic (exact) mass is 457 g/mol. The number of nitrogens with two attached hydrogens (primary N) is 1. The van der Waals surface area contributed by atoms with Crippen molar-refractivity contribution < 1.29 is 18.4 Å². The number of likely N-dealkylation sites (N-methyl/N-ethyl adjacent to an activating group) is 1. The Balaban J connectivity index is 1.47. The first-order valence-corrected chi connectivity index (χ1v) is 10.7. The van der Waals surface area contributed by atoms with Crippen molar-refractivity contribution in [2.24, 2.45) is 0 Å². The van der Waals surface area contributed by atoms with E-state index < -0.39 is 23.0 Å². The molecular formula is C22H21F2N5O2S. The van der Waals surface area contributed by atoms with Crippen LogP contribution in [0.25, 0.3) is 0 Å². The van der Waals surface area contributed by atoms with Gasteiger partial charge in [0.05, 0.1) is 5.56 Å². The maximum atomic E-state index is 14.0. The van der Waals surface area contributed by atoms with E-state index in [-0.39, 0.29) is 16.6 Å². The zero-order chi connectivity index (χ0) is 22.8. The lowest BCUT2D eigenvalue weighted by Crippen LogP contribution is -2.47. The van der Waals surface area contributed by atoms with E-state index in [0.717, 1.165) is 36.6 Å². The summed E-state index contributed by atoms with van der Waals surface area (Å²) in [5, 5.41) is 3.30. The summed E-state index contributed by atoms with van der Waals surface area (Å²) in [4.78, 5) is 33.3. The number of nitrogens with zero attached hydrogens (tertiary/aromatic N) is 3. The fourth-order valence-corrected chi connectivity index (χ4v) is 4.24. The summed E-state index contributed by atoms with van der Waals surface area (Å²) in [6.45, 7) is 3.06. The summed E-state index contributed by atoms with van der Waals surface area (Å²) in [6.07, 6.45) is 0. The van der Waals surface area contributed by atoms with Crippen molar-refractivity contribution in [3.63, 3.8) is 0 Å². The molecule has 7 nitrogen and oxygen atoms in total. The van der Waals surface area contributed by atoms with Gasteiger partial charge in [-0.05, 0) is 43.4 Å². The molecule has 1 fully saturated rings. The number of aromatic nitrogens is 1. The van der Waals surface area contributed by atoms with Crippen molar-refractivity contribution in [2.45, 2.75) is 0 Å². The van der Waals surface area contributed by atoms with Gasteiger partial charge in [0.15, 0.2) is 5.13 Å². The van der Waals surface area contributed by atoms with Gasteiger partial charge in [0, 0.05) is 37.4 Å². The maximum Gasteiger partial charge on any atom is 0.253 e. The molecule has 10 heteroatoms. The summed E-state index contributed by atoms with van der Waals surface area (Å²) < 4.78 is 27.9. The predicted molar refractivity (Wildman–Crippen MR) is 119 cm³/mol. The first-order chi connectivity index (χ1) is 15.3. The minimum Gasteiger partial charge on any atom is -0.382 e. The molecule has 0 unspecified atom stereocenters. The molecule has 0 radical (unpaired) electrons. The van der Waals surface area contributed by atoms with Crippen molar-refractivity contribution in [1.29, 1.82) is 0 Å². The van der Waals surface area contributed by atoms with E-state index in [0.29, 0.717) is 29.5 Å². The Kier molecular flexibility index (Phi) is 6.15. The number of benzene rings is 2. The topological polar surface area (TPSA) is 91.6 Å². The van der Waals surface area contributed by atoms with Crippen molar-refractivity contribution in [1.82, 2.24) is 14.8 Å². The van der Waals surface area contributed by atoms with Gasteiger partial charge >= 0.3 is 0 Å². The minimum absolute atomic E-state index is 0.0251. The third-order valence-corrected chi connectivity index (χ3v) is 6.21. The van der Waals surface area contributed by atoms with E-state index in [2.05, 4.69) is 15.2 Å². The van der Waals surface area contributed by atoms with Gasteiger partial charge in [-0.25, -0.2) is 13.8 Å². The predicted octanol–water partition coefficient (Wildman–Crippen LogP) is 3.37. The van der Waals surface area contributed by atoms with E-state index in [1.54, 1.807) is 24.3 Å². The van der Waals surface area contributed by atoms with Crippen LogP contribution in [0.4, 0.5) is 25.4 Å². The van der Waals surface area contributed by atoms with Crippen molar-refractivity contribution in [2.75, 3.05) is 44.3 Å². The maximum absolute atomic E-state index is 14.0. The molecule has 2 heterocycles. The van der Waals surface area contributed by atoms with Gasteiger partial charge in [0.1, 0.15) is 22.3 Å². The zero-order valence-corrected chi connectivity index (χ0v) is 18.1. The lowest BCUT2D eigenvalue weighted by molar-refractivity contribution is 0.0664. The second-order valence-electron chi connectivity index (χ2n) is 7.46. The van der Waals surface area contributed by atoms with Crippen molar-refractivity contribution in [3.05, 3.63) is 70.1 Å². The van der Waals surface area contributed by atoms with Crippen LogP contribution in [0, 0.1) is 11.6 Å². The van der Waals surface area contributed by atoms with Crippen LogP contribution < -0.4 is 11.1 Å². The minimum atomic E-state index is -0.960. The molecular weight excluding hydrogens is 436 g/mol. The van der Waals surface area contributed by atoms with Gasteiger partial charge < -0.3 is 20.9 Å². The number of thiazole rings is 1. The molecule has 3 aromatic rings. The fraction of sp³-hybridized carbons (Fsp3) is 0.227. The number of halogens is 2. The summed E-state index contributed by atoms with van der Waals surface area (Å²) in [5.74, 6) is -2.93. The number of hydrogen-bond donors (Lipinski definition) is 2. The van der Waals surface area contributed by atoms with E-state index >= 15 is 0 Å². The highest BCUT2D eigenvalue weighted by molar-refractivity contribution is 7.18. The molecule has 0 bridgehead atoms. The number of carbonyl (C=O) groups excluding carboxylic acids is 2. The van der Waals surface area contributed by atoms with Crippen LogP contribution in [0.5, 0.6) is 0 Å². The largest absolute Gasteiger partial charge is 0.382 e. The Labute approximate surface area is 187 Å². The molecule has 166 valence electrons. The summed E-state index contributed by atoms with van der Waals surface area (Å²) in [6, 6.07) is 10.1. The molecule has 2 aromatic carbocycles. The summed E-state index contributed by atoms with van der Waals surface area (Å²) >= 11 is 0.898. The van der Waals surface area contributed by atoms with Gasteiger partial charge in [0.2, 0.25) is 5.78 Å². The zero-order valence-electron chi connectivity index (χ0n) is 17.3. The highest BCUT2D eigenvalue weighted by atomic mass is 32.1. The van der Waals surface area contributed by atoms with Crippen LogP contribution in [-0.2, 0) is 0 Å². The number of amides is 1. The third-order valence-electron chi connectivity index (χ3n) is 5.22. The molecule has 1 aliphatic rings. The van der Waals surface area contributed by atoms with Crippen LogP contribution >= 0.6 is 11.3 Å². The Bertz CT molecular complexity index is 1140. The molecule has 4 rings (SSSR count). The SMILES string of the molecule is CN1CCN(C(=O)c2ccc(Nc3nc(N)c(C(=O)c4c(F)cccc4F)s3)cc2)CC1. The molecule has 32 heavy (non-hydrogen) atoms. The Morgan fingerprint density at radius 3 is 2.28 bits per heavy atom. The highest BCUT2D eigenvalue weighted by Gasteiger charge is 2.24. The van der Waals surface area contributed by atoms with Gasteiger partial charge in [-0.15, -0.1) is 0 Å². The number of rotatable bonds is 5. The molecule has 3 N–H and O–H groups in total. The average Bonchev–Trinajstić information content (AvgIpc) is 3.14. The van der Waals surface area contributed by atoms with Crippen LogP contribution in [0.3, 0.4) is 0 Å². The lowest BCUT2D eigenvalue weighted by Gasteiger charge is -2.32. The second kappa shape index (κ2) is 9.01. The number of piperazine rings is 1. The van der Waals surface area contributed by atoms with E-state index in [1.165, 1.54) is 6.07 Å².